The number of carbonyl (C=O) groups excluding carboxylic acids is 2. The van der Waals surface area contributed by atoms with Gasteiger partial charge in [0, 0.05) is 11.9 Å². The predicted octanol–water partition coefficient (Wildman–Crippen LogP) is 3.63. The first-order valence-electron chi connectivity index (χ1n) is 9.15. The van der Waals surface area contributed by atoms with Crippen molar-refractivity contribution in [2.24, 2.45) is 5.73 Å². The van der Waals surface area contributed by atoms with Crippen molar-refractivity contribution in [3.63, 3.8) is 0 Å². The van der Waals surface area contributed by atoms with Crippen LogP contribution in [0.1, 0.15) is 32.1 Å². The van der Waals surface area contributed by atoms with Crippen molar-refractivity contribution in [2.45, 2.75) is 13.1 Å². The SMILES string of the molecule is COc1c(Oc2nnc(C(F)(F)F)c(C)c2C(=O)Nc2ccnc(C(N)=O)c2)ccc(F)c1F. The summed E-state index contributed by atoms with van der Waals surface area (Å²) in [6.07, 6.45) is -3.84. The first-order valence-corrected chi connectivity index (χ1v) is 9.15. The number of amides is 2. The minimum Gasteiger partial charge on any atom is -0.490 e. The van der Waals surface area contributed by atoms with Crippen LogP contribution in [0, 0.1) is 18.6 Å². The fourth-order valence-electron chi connectivity index (χ4n) is 2.83. The third kappa shape index (κ3) is 4.84. The van der Waals surface area contributed by atoms with Crippen LogP contribution in [0.3, 0.4) is 0 Å². The van der Waals surface area contributed by atoms with Gasteiger partial charge < -0.3 is 20.5 Å². The summed E-state index contributed by atoms with van der Waals surface area (Å²) in [4.78, 5) is 27.9. The van der Waals surface area contributed by atoms with E-state index in [-0.39, 0.29) is 11.4 Å². The highest BCUT2D eigenvalue weighted by Gasteiger charge is 2.38. The standard InChI is InChI=1S/C20H14F5N5O4/c1-8-13(18(32)28-9-5-6-27-11(7-9)17(26)31)19(30-29-16(8)20(23,24)25)34-12-4-3-10(21)14(22)15(12)33-2/h3-7H,1-2H3,(H2,26,31)(H,27,28,32). The zero-order valence-electron chi connectivity index (χ0n) is 17.3. The Balaban J connectivity index is 2.11. The van der Waals surface area contributed by atoms with Crippen LogP contribution in [-0.4, -0.2) is 34.1 Å². The molecule has 0 aliphatic rings. The number of aromatic nitrogens is 3. The van der Waals surface area contributed by atoms with E-state index in [2.05, 4.69) is 20.5 Å². The van der Waals surface area contributed by atoms with E-state index in [9.17, 15) is 31.5 Å². The van der Waals surface area contributed by atoms with Crippen molar-refractivity contribution in [2.75, 3.05) is 12.4 Å². The number of hydrogen-bond acceptors (Lipinski definition) is 7. The lowest BCUT2D eigenvalue weighted by Gasteiger charge is -2.17. The van der Waals surface area contributed by atoms with Gasteiger partial charge in [-0.15, -0.1) is 10.2 Å². The summed E-state index contributed by atoms with van der Waals surface area (Å²) in [5.74, 6) is -6.72. The molecular formula is C20H14F5N5O4. The van der Waals surface area contributed by atoms with Crippen molar-refractivity contribution >= 4 is 17.5 Å². The van der Waals surface area contributed by atoms with Gasteiger partial charge in [-0.25, -0.2) is 4.39 Å². The van der Waals surface area contributed by atoms with Crippen LogP contribution in [0.4, 0.5) is 27.6 Å². The van der Waals surface area contributed by atoms with E-state index in [0.717, 1.165) is 32.4 Å². The Kier molecular flexibility index (Phi) is 6.61. The molecule has 0 saturated heterocycles. The molecule has 1 aromatic carbocycles. The summed E-state index contributed by atoms with van der Waals surface area (Å²) >= 11 is 0. The first-order chi connectivity index (χ1) is 15.9. The Bertz CT molecular complexity index is 1280. The maximum atomic E-state index is 14.0. The highest BCUT2D eigenvalue weighted by Crippen LogP contribution is 2.38. The number of anilines is 1. The molecule has 0 bridgehead atoms. The van der Waals surface area contributed by atoms with Gasteiger partial charge in [0.05, 0.1) is 7.11 Å². The van der Waals surface area contributed by atoms with E-state index >= 15 is 0 Å². The molecule has 178 valence electrons. The topological polar surface area (TPSA) is 129 Å². The molecule has 0 fully saturated rings. The largest absolute Gasteiger partial charge is 0.490 e. The number of alkyl halides is 3. The molecule has 0 atom stereocenters. The lowest BCUT2D eigenvalue weighted by atomic mass is 10.1. The van der Waals surface area contributed by atoms with Crippen LogP contribution in [0.25, 0.3) is 0 Å². The van der Waals surface area contributed by atoms with Crippen molar-refractivity contribution < 1.29 is 41.0 Å². The molecule has 3 aromatic rings. The number of ether oxygens (including phenoxy) is 2. The van der Waals surface area contributed by atoms with Crippen LogP contribution >= 0.6 is 0 Å². The smallest absolute Gasteiger partial charge is 0.435 e. The van der Waals surface area contributed by atoms with Gasteiger partial charge in [0.25, 0.3) is 17.7 Å². The second-order valence-corrected chi connectivity index (χ2v) is 6.59. The van der Waals surface area contributed by atoms with Crippen LogP contribution in [-0.2, 0) is 6.18 Å². The molecule has 3 N–H and O–H groups in total. The van der Waals surface area contributed by atoms with Gasteiger partial charge in [0.2, 0.25) is 11.6 Å². The number of carbonyl (C=O) groups is 2. The molecule has 0 aliphatic heterocycles. The molecule has 2 aromatic heterocycles. The van der Waals surface area contributed by atoms with Crippen molar-refractivity contribution in [1.82, 2.24) is 15.2 Å². The van der Waals surface area contributed by atoms with Gasteiger partial charge in [0.15, 0.2) is 17.3 Å². The number of benzene rings is 1. The van der Waals surface area contributed by atoms with Gasteiger partial charge in [-0.1, -0.05) is 0 Å². The summed E-state index contributed by atoms with van der Waals surface area (Å²) in [6, 6.07) is 3.95. The molecule has 2 amide bonds. The lowest BCUT2D eigenvalue weighted by Crippen LogP contribution is -2.21. The predicted molar refractivity (Wildman–Crippen MR) is 105 cm³/mol. The number of primary amides is 1. The van der Waals surface area contributed by atoms with Crippen molar-refractivity contribution in [3.05, 3.63) is 64.6 Å². The Morgan fingerprint density at radius 2 is 1.82 bits per heavy atom. The van der Waals surface area contributed by atoms with Crippen LogP contribution in [0.2, 0.25) is 0 Å². The maximum absolute atomic E-state index is 14.0. The van der Waals surface area contributed by atoms with Crippen molar-refractivity contribution in [1.29, 1.82) is 0 Å². The Hall–Kier alpha value is -4.36. The van der Waals surface area contributed by atoms with E-state index in [1.165, 1.54) is 6.07 Å². The number of hydrogen-bond donors (Lipinski definition) is 2. The molecular weight excluding hydrogens is 469 g/mol. The number of nitrogens with one attached hydrogen (secondary N) is 1. The Morgan fingerprint density at radius 3 is 2.44 bits per heavy atom. The van der Waals surface area contributed by atoms with Crippen LogP contribution < -0.4 is 20.5 Å². The molecule has 9 nitrogen and oxygen atoms in total. The summed E-state index contributed by atoms with van der Waals surface area (Å²) in [5.41, 5.74) is 2.02. The monoisotopic (exact) mass is 483 g/mol. The zero-order valence-corrected chi connectivity index (χ0v) is 17.3. The van der Waals surface area contributed by atoms with E-state index in [1.807, 2.05) is 0 Å². The van der Waals surface area contributed by atoms with Gasteiger partial charge in [-0.05, 0) is 36.8 Å². The molecule has 0 aliphatic carbocycles. The number of methoxy groups -OCH3 is 1. The molecule has 3 rings (SSSR count). The third-order valence-electron chi connectivity index (χ3n) is 4.38. The summed E-state index contributed by atoms with van der Waals surface area (Å²) < 4.78 is 77.8. The first kappa shape index (κ1) is 24.3. The normalized spacial score (nSPS) is 11.1. The zero-order chi connectivity index (χ0) is 25.2. The summed E-state index contributed by atoms with van der Waals surface area (Å²) in [7, 11) is 1.00. The third-order valence-corrected chi connectivity index (χ3v) is 4.38. The lowest BCUT2D eigenvalue weighted by molar-refractivity contribution is -0.142. The molecule has 2 heterocycles. The highest BCUT2D eigenvalue weighted by atomic mass is 19.4. The van der Waals surface area contributed by atoms with E-state index in [1.54, 1.807) is 0 Å². The summed E-state index contributed by atoms with van der Waals surface area (Å²) in [5, 5.41) is 8.68. The molecule has 34 heavy (non-hydrogen) atoms. The molecule has 0 saturated carbocycles. The van der Waals surface area contributed by atoms with Gasteiger partial charge in [-0.2, -0.15) is 17.6 Å². The fraction of sp³-hybridized carbons (Fsp3) is 0.150. The Morgan fingerprint density at radius 1 is 1.12 bits per heavy atom. The quantitative estimate of drug-likeness (QED) is 0.512. The van der Waals surface area contributed by atoms with Gasteiger partial charge in [0.1, 0.15) is 11.3 Å². The van der Waals surface area contributed by atoms with E-state index < -0.39 is 63.8 Å². The molecule has 0 spiro atoms. The van der Waals surface area contributed by atoms with Crippen LogP contribution in [0.5, 0.6) is 17.4 Å². The highest BCUT2D eigenvalue weighted by molar-refractivity contribution is 6.07. The second-order valence-electron chi connectivity index (χ2n) is 6.59. The number of halogens is 5. The number of rotatable bonds is 6. The van der Waals surface area contributed by atoms with Crippen molar-refractivity contribution in [3.8, 4) is 17.4 Å². The van der Waals surface area contributed by atoms with Gasteiger partial charge >= 0.3 is 6.18 Å². The fourth-order valence-corrected chi connectivity index (χ4v) is 2.83. The molecule has 0 radical (unpaired) electrons. The number of pyridine rings is 1. The summed E-state index contributed by atoms with van der Waals surface area (Å²) in [6.45, 7) is 0.948. The van der Waals surface area contributed by atoms with Crippen LogP contribution in [0.15, 0.2) is 30.5 Å². The average Bonchev–Trinajstić information content (AvgIpc) is 2.76. The Labute approximate surface area is 187 Å². The second kappa shape index (κ2) is 9.25. The van der Waals surface area contributed by atoms with Gasteiger partial charge in [-0.3, -0.25) is 14.6 Å². The van der Waals surface area contributed by atoms with E-state index in [4.69, 9.17) is 15.2 Å². The molecule has 14 heteroatoms. The minimum absolute atomic E-state index is 0.0325. The minimum atomic E-state index is -4.97. The molecule has 0 unspecified atom stereocenters. The van der Waals surface area contributed by atoms with E-state index in [0.29, 0.717) is 6.07 Å². The number of nitrogens with two attached hydrogens (primary N) is 1. The maximum Gasteiger partial charge on any atom is 0.435 e. The number of nitrogens with zero attached hydrogens (tertiary/aromatic N) is 3. The average molecular weight is 483 g/mol.